The van der Waals surface area contributed by atoms with E-state index in [-0.39, 0.29) is 11.7 Å². The fourth-order valence-corrected chi connectivity index (χ4v) is 1.79. The second-order valence-corrected chi connectivity index (χ2v) is 3.92. The Hall–Kier alpha value is -0.120. The van der Waals surface area contributed by atoms with Crippen molar-refractivity contribution in [1.82, 2.24) is 0 Å². The largest absolute Gasteiger partial charge is 0.390 e. The van der Waals surface area contributed by atoms with Crippen molar-refractivity contribution < 1.29 is 14.6 Å². The summed E-state index contributed by atoms with van der Waals surface area (Å²) in [6, 6.07) is 0. The highest BCUT2D eigenvalue weighted by Gasteiger charge is 2.36. The number of rotatable bonds is 5. The van der Waals surface area contributed by atoms with Gasteiger partial charge in [0.05, 0.1) is 11.7 Å². The average molecular weight is 188 g/mol. The normalized spacial score (nSPS) is 30.7. The smallest absolute Gasteiger partial charge is 0.0913 e. The molecule has 0 aliphatic carbocycles. The summed E-state index contributed by atoms with van der Waals surface area (Å²) in [5, 5.41) is 9.85. The van der Waals surface area contributed by atoms with Crippen LogP contribution in [0.4, 0.5) is 0 Å². The summed E-state index contributed by atoms with van der Waals surface area (Å²) < 4.78 is 10.5. The molecule has 13 heavy (non-hydrogen) atoms. The predicted molar refractivity (Wildman–Crippen MR) is 50.7 cm³/mol. The zero-order valence-electron chi connectivity index (χ0n) is 8.58. The van der Waals surface area contributed by atoms with Crippen LogP contribution in [0.5, 0.6) is 0 Å². The lowest BCUT2D eigenvalue weighted by molar-refractivity contribution is -0.0821. The number of hydrogen-bond donors (Lipinski definition) is 1. The third-order valence-corrected chi connectivity index (χ3v) is 2.78. The van der Waals surface area contributed by atoms with E-state index < -0.39 is 0 Å². The Labute approximate surface area is 80.0 Å². The van der Waals surface area contributed by atoms with Gasteiger partial charge in [-0.15, -0.1) is 0 Å². The molecule has 2 unspecified atom stereocenters. The first-order valence-corrected chi connectivity index (χ1v) is 5.00. The Morgan fingerprint density at radius 3 is 2.92 bits per heavy atom. The van der Waals surface area contributed by atoms with Crippen molar-refractivity contribution in [2.45, 2.75) is 44.3 Å². The molecule has 0 bridgehead atoms. The Kier molecular flexibility index (Phi) is 4.16. The molecule has 1 fully saturated rings. The van der Waals surface area contributed by atoms with Gasteiger partial charge in [0, 0.05) is 20.3 Å². The number of hydrogen-bond acceptors (Lipinski definition) is 3. The molecule has 1 rings (SSSR count). The molecule has 1 N–H and O–H groups in total. The average Bonchev–Trinajstić information content (AvgIpc) is 2.54. The molecule has 0 radical (unpaired) electrons. The van der Waals surface area contributed by atoms with Gasteiger partial charge in [-0.2, -0.15) is 0 Å². The standard InChI is InChI=1S/C10H20O3/c1-10(6-4-8-13-10)9(11)5-3-7-12-2/h9,11H,3-8H2,1-2H3. The van der Waals surface area contributed by atoms with E-state index in [1.165, 1.54) is 0 Å². The van der Waals surface area contributed by atoms with Gasteiger partial charge in [-0.3, -0.25) is 0 Å². The molecular weight excluding hydrogens is 168 g/mol. The quantitative estimate of drug-likeness (QED) is 0.662. The Bertz CT molecular complexity index is 141. The fraction of sp³-hybridized carbons (Fsp3) is 1.00. The van der Waals surface area contributed by atoms with Crippen LogP contribution in [0.15, 0.2) is 0 Å². The predicted octanol–water partition coefficient (Wildman–Crippen LogP) is 1.34. The molecular formula is C10H20O3. The summed E-state index contributed by atoms with van der Waals surface area (Å²) in [5.74, 6) is 0. The highest BCUT2D eigenvalue weighted by atomic mass is 16.5. The van der Waals surface area contributed by atoms with Crippen molar-refractivity contribution in [2.75, 3.05) is 20.3 Å². The molecule has 0 saturated carbocycles. The van der Waals surface area contributed by atoms with Gasteiger partial charge in [-0.05, 0) is 32.6 Å². The molecule has 0 aromatic rings. The monoisotopic (exact) mass is 188 g/mol. The summed E-state index contributed by atoms with van der Waals surface area (Å²) >= 11 is 0. The summed E-state index contributed by atoms with van der Waals surface area (Å²) in [6.45, 7) is 3.50. The van der Waals surface area contributed by atoms with E-state index >= 15 is 0 Å². The summed E-state index contributed by atoms with van der Waals surface area (Å²) in [6.07, 6.45) is 3.37. The van der Waals surface area contributed by atoms with Crippen molar-refractivity contribution in [1.29, 1.82) is 0 Å². The summed E-state index contributed by atoms with van der Waals surface area (Å²) in [5.41, 5.74) is -0.298. The molecule has 78 valence electrons. The van der Waals surface area contributed by atoms with Crippen LogP contribution in [0.1, 0.15) is 32.6 Å². The first-order chi connectivity index (χ1) is 6.19. The molecule has 1 heterocycles. The van der Waals surface area contributed by atoms with E-state index in [1.54, 1.807) is 7.11 Å². The number of aliphatic hydroxyl groups excluding tert-OH is 1. The zero-order chi connectivity index (χ0) is 9.73. The highest BCUT2D eigenvalue weighted by Crippen LogP contribution is 2.30. The van der Waals surface area contributed by atoms with Crippen LogP contribution in [-0.2, 0) is 9.47 Å². The third-order valence-electron chi connectivity index (χ3n) is 2.78. The molecule has 3 nitrogen and oxygen atoms in total. The van der Waals surface area contributed by atoms with Gasteiger partial charge >= 0.3 is 0 Å². The molecule has 1 saturated heterocycles. The molecule has 1 aliphatic heterocycles. The van der Waals surface area contributed by atoms with Gasteiger partial charge in [0.2, 0.25) is 0 Å². The lowest BCUT2D eigenvalue weighted by Crippen LogP contribution is -2.38. The second-order valence-electron chi connectivity index (χ2n) is 3.92. The fourth-order valence-electron chi connectivity index (χ4n) is 1.79. The van der Waals surface area contributed by atoms with Crippen LogP contribution in [-0.4, -0.2) is 37.1 Å². The Balaban J connectivity index is 2.24. The Morgan fingerprint density at radius 2 is 2.38 bits per heavy atom. The van der Waals surface area contributed by atoms with Gasteiger partial charge < -0.3 is 14.6 Å². The van der Waals surface area contributed by atoms with Gasteiger partial charge in [0.15, 0.2) is 0 Å². The van der Waals surface area contributed by atoms with Crippen LogP contribution >= 0.6 is 0 Å². The first-order valence-electron chi connectivity index (χ1n) is 5.00. The van der Waals surface area contributed by atoms with Crippen LogP contribution in [0.2, 0.25) is 0 Å². The summed E-state index contributed by atoms with van der Waals surface area (Å²) in [4.78, 5) is 0. The number of aliphatic hydroxyl groups is 1. The lowest BCUT2D eigenvalue weighted by atomic mass is 9.92. The van der Waals surface area contributed by atoms with Gasteiger partial charge in [0.1, 0.15) is 0 Å². The number of methoxy groups -OCH3 is 1. The van der Waals surface area contributed by atoms with Crippen molar-refractivity contribution in [2.24, 2.45) is 0 Å². The molecule has 0 amide bonds. The van der Waals surface area contributed by atoms with Crippen LogP contribution in [0, 0.1) is 0 Å². The van der Waals surface area contributed by atoms with E-state index in [0.717, 1.165) is 32.3 Å². The molecule has 0 aromatic carbocycles. The van der Waals surface area contributed by atoms with Crippen molar-refractivity contribution in [3.63, 3.8) is 0 Å². The highest BCUT2D eigenvalue weighted by molar-refractivity contribution is 4.87. The SMILES string of the molecule is COCCCC(O)C1(C)CCCO1. The lowest BCUT2D eigenvalue weighted by Gasteiger charge is -2.29. The molecule has 0 aromatic heterocycles. The minimum absolute atomic E-state index is 0.298. The molecule has 0 spiro atoms. The molecule has 3 heteroatoms. The van der Waals surface area contributed by atoms with E-state index in [9.17, 15) is 5.11 Å². The maximum absolute atomic E-state index is 9.85. The number of ether oxygens (including phenoxy) is 2. The minimum atomic E-state index is -0.342. The Morgan fingerprint density at radius 1 is 1.62 bits per heavy atom. The van der Waals surface area contributed by atoms with Gasteiger partial charge in [0.25, 0.3) is 0 Å². The minimum Gasteiger partial charge on any atom is -0.390 e. The topological polar surface area (TPSA) is 38.7 Å². The van der Waals surface area contributed by atoms with Crippen molar-refractivity contribution >= 4 is 0 Å². The zero-order valence-corrected chi connectivity index (χ0v) is 8.58. The van der Waals surface area contributed by atoms with Gasteiger partial charge in [-0.1, -0.05) is 0 Å². The van der Waals surface area contributed by atoms with Crippen LogP contribution < -0.4 is 0 Å². The van der Waals surface area contributed by atoms with E-state index in [2.05, 4.69) is 0 Å². The van der Waals surface area contributed by atoms with Crippen LogP contribution in [0.25, 0.3) is 0 Å². The molecule has 2 atom stereocenters. The second kappa shape index (κ2) is 4.94. The van der Waals surface area contributed by atoms with Crippen molar-refractivity contribution in [3.8, 4) is 0 Å². The maximum atomic E-state index is 9.85. The summed E-state index contributed by atoms with van der Waals surface area (Å²) in [7, 11) is 1.68. The van der Waals surface area contributed by atoms with Crippen LogP contribution in [0.3, 0.4) is 0 Å². The molecule has 1 aliphatic rings. The van der Waals surface area contributed by atoms with Gasteiger partial charge in [-0.25, -0.2) is 0 Å². The van der Waals surface area contributed by atoms with E-state index in [0.29, 0.717) is 6.61 Å². The first kappa shape index (κ1) is 11.0. The third kappa shape index (κ3) is 2.93. The van der Waals surface area contributed by atoms with E-state index in [4.69, 9.17) is 9.47 Å². The van der Waals surface area contributed by atoms with Crippen molar-refractivity contribution in [3.05, 3.63) is 0 Å². The van der Waals surface area contributed by atoms with E-state index in [1.807, 2.05) is 6.92 Å². The maximum Gasteiger partial charge on any atom is 0.0913 e.